The summed E-state index contributed by atoms with van der Waals surface area (Å²) in [6.07, 6.45) is 4.55. The number of ether oxygens (including phenoxy) is 1. The van der Waals surface area contributed by atoms with Gasteiger partial charge in [0.2, 0.25) is 5.91 Å². The molecule has 1 aliphatic carbocycles. The maximum Gasteiger partial charge on any atom is 0.230 e. The highest BCUT2D eigenvalue weighted by atomic mass is 32.2. The monoisotopic (exact) mass is 450 g/mol. The summed E-state index contributed by atoms with van der Waals surface area (Å²) >= 11 is 1.41. The summed E-state index contributed by atoms with van der Waals surface area (Å²) in [7, 11) is 0. The molecule has 7 heteroatoms. The molecule has 0 aliphatic heterocycles. The SMILES string of the molecule is Cc1ccc(OCc2nnc(SCC(=O)NC3CCCC3)n2-c2cccc(C)c2C)cc1. The predicted molar refractivity (Wildman–Crippen MR) is 127 cm³/mol. The second kappa shape index (κ2) is 10.2. The van der Waals surface area contributed by atoms with Crippen LogP contribution in [0.25, 0.3) is 5.69 Å². The highest BCUT2D eigenvalue weighted by molar-refractivity contribution is 7.99. The molecule has 0 saturated heterocycles. The summed E-state index contributed by atoms with van der Waals surface area (Å²) in [5, 5.41) is 12.7. The van der Waals surface area contributed by atoms with Crippen molar-refractivity contribution in [3.63, 3.8) is 0 Å². The molecule has 1 aromatic heterocycles. The van der Waals surface area contributed by atoms with Crippen LogP contribution in [0.2, 0.25) is 0 Å². The van der Waals surface area contributed by atoms with Crippen LogP contribution in [0.15, 0.2) is 47.6 Å². The van der Waals surface area contributed by atoms with Gasteiger partial charge in [0.15, 0.2) is 11.0 Å². The van der Waals surface area contributed by atoms with E-state index in [1.54, 1.807) is 0 Å². The molecule has 1 aliphatic rings. The fourth-order valence-corrected chi connectivity index (χ4v) is 4.73. The van der Waals surface area contributed by atoms with E-state index in [1.165, 1.54) is 35.7 Å². The Labute approximate surface area is 193 Å². The quantitative estimate of drug-likeness (QED) is 0.493. The maximum absolute atomic E-state index is 12.5. The lowest BCUT2D eigenvalue weighted by Gasteiger charge is -2.15. The Bertz CT molecular complexity index is 1070. The van der Waals surface area contributed by atoms with Gasteiger partial charge < -0.3 is 10.1 Å². The number of benzene rings is 2. The van der Waals surface area contributed by atoms with E-state index in [4.69, 9.17) is 4.74 Å². The van der Waals surface area contributed by atoms with Gasteiger partial charge in [0.25, 0.3) is 0 Å². The van der Waals surface area contributed by atoms with Gasteiger partial charge in [-0.1, -0.05) is 54.4 Å². The first-order valence-electron chi connectivity index (χ1n) is 11.1. The molecule has 0 unspecified atom stereocenters. The van der Waals surface area contributed by atoms with Crippen LogP contribution in [0.4, 0.5) is 0 Å². The molecule has 1 fully saturated rings. The van der Waals surface area contributed by atoms with Gasteiger partial charge in [0.05, 0.1) is 11.4 Å². The normalized spacial score (nSPS) is 14.0. The van der Waals surface area contributed by atoms with Gasteiger partial charge in [-0.05, 0) is 62.9 Å². The zero-order valence-corrected chi connectivity index (χ0v) is 19.7. The molecule has 1 heterocycles. The zero-order chi connectivity index (χ0) is 22.5. The highest BCUT2D eigenvalue weighted by Gasteiger charge is 2.20. The molecule has 1 N–H and O–H groups in total. The molecule has 0 bridgehead atoms. The molecular weight excluding hydrogens is 420 g/mol. The van der Waals surface area contributed by atoms with Crippen LogP contribution in [0, 0.1) is 20.8 Å². The van der Waals surface area contributed by atoms with E-state index in [0.29, 0.717) is 22.8 Å². The van der Waals surface area contributed by atoms with Crippen molar-refractivity contribution in [2.45, 2.75) is 64.3 Å². The minimum Gasteiger partial charge on any atom is -0.486 e. The number of hydrogen-bond donors (Lipinski definition) is 1. The van der Waals surface area contributed by atoms with Crippen LogP contribution in [0.1, 0.15) is 48.2 Å². The lowest BCUT2D eigenvalue weighted by atomic mass is 10.1. The summed E-state index contributed by atoms with van der Waals surface area (Å²) in [4.78, 5) is 12.5. The van der Waals surface area contributed by atoms with Gasteiger partial charge in [-0.3, -0.25) is 9.36 Å². The third-order valence-corrected chi connectivity index (χ3v) is 6.89. The van der Waals surface area contributed by atoms with Crippen molar-refractivity contribution in [1.82, 2.24) is 20.1 Å². The van der Waals surface area contributed by atoms with Crippen molar-refractivity contribution in [3.05, 3.63) is 65.0 Å². The molecule has 3 aromatic rings. The average molecular weight is 451 g/mol. The van der Waals surface area contributed by atoms with Crippen LogP contribution >= 0.6 is 11.8 Å². The molecule has 32 heavy (non-hydrogen) atoms. The average Bonchev–Trinajstić information content (AvgIpc) is 3.44. The largest absolute Gasteiger partial charge is 0.486 e. The third kappa shape index (κ3) is 5.33. The fourth-order valence-electron chi connectivity index (χ4n) is 3.96. The van der Waals surface area contributed by atoms with Crippen molar-refractivity contribution in [3.8, 4) is 11.4 Å². The number of aryl methyl sites for hydroxylation is 2. The molecule has 1 saturated carbocycles. The van der Waals surface area contributed by atoms with Gasteiger partial charge in [-0.25, -0.2) is 0 Å². The molecule has 0 spiro atoms. The van der Waals surface area contributed by atoms with Gasteiger partial charge in [-0.2, -0.15) is 0 Å². The third-order valence-electron chi connectivity index (χ3n) is 5.96. The Kier molecular flexibility index (Phi) is 7.15. The molecule has 1 amide bonds. The number of thioether (sulfide) groups is 1. The Morgan fingerprint density at radius 1 is 1.09 bits per heavy atom. The van der Waals surface area contributed by atoms with Crippen LogP contribution in [-0.4, -0.2) is 32.5 Å². The van der Waals surface area contributed by atoms with E-state index in [1.807, 2.05) is 41.8 Å². The Hall–Kier alpha value is -2.80. The van der Waals surface area contributed by atoms with Crippen LogP contribution < -0.4 is 10.1 Å². The molecule has 0 atom stereocenters. The summed E-state index contributed by atoms with van der Waals surface area (Å²) in [6, 6.07) is 14.5. The standard InChI is InChI=1S/C25H30N4O2S/c1-17-11-13-21(14-12-17)31-15-23-27-28-25(29(23)22-10-6-7-18(2)19(22)3)32-16-24(30)26-20-8-4-5-9-20/h6-7,10-14,20H,4-5,8-9,15-16H2,1-3H3,(H,26,30). The lowest BCUT2D eigenvalue weighted by molar-refractivity contribution is -0.119. The first-order chi connectivity index (χ1) is 15.5. The van der Waals surface area contributed by atoms with E-state index in [0.717, 1.165) is 29.8 Å². The molecule has 168 valence electrons. The second-order valence-electron chi connectivity index (χ2n) is 8.39. The number of nitrogens with one attached hydrogen (secondary N) is 1. The number of nitrogens with zero attached hydrogens (tertiary/aromatic N) is 3. The molecule has 6 nitrogen and oxygen atoms in total. The van der Waals surface area contributed by atoms with Gasteiger partial charge in [0, 0.05) is 6.04 Å². The Balaban J connectivity index is 1.54. The van der Waals surface area contributed by atoms with Crippen molar-refractivity contribution in [2.24, 2.45) is 0 Å². The van der Waals surface area contributed by atoms with E-state index in [9.17, 15) is 4.79 Å². The number of rotatable bonds is 8. The molecule has 0 radical (unpaired) electrons. The summed E-state index contributed by atoms with van der Waals surface area (Å²) < 4.78 is 8.01. The topological polar surface area (TPSA) is 69.0 Å². The van der Waals surface area contributed by atoms with Crippen molar-refractivity contribution in [2.75, 3.05) is 5.75 Å². The smallest absolute Gasteiger partial charge is 0.230 e. The van der Waals surface area contributed by atoms with Crippen molar-refractivity contribution in [1.29, 1.82) is 0 Å². The van der Waals surface area contributed by atoms with E-state index in [-0.39, 0.29) is 12.5 Å². The number of aromatic nitrogens is 3. The first-order valence-corrected chi connectivity index (χ1v) is 12.1. The van der Waals surface area contributed by atoms with Crippen molar-refractivity contribution < 1.29 is 9.53 Å². The Morgan fingerprint density at radius 2 is 1.84 bits per heavy atom. The molecule has 4 rings (SSSR count). The Morgan fingerprint density at radius 3 is 2.59 bits per heavy atom. The second-order valence-corrected chi connectivity index (χ2v) is 9.34. The van der Waals surface area contributed by atoms with Crippen LogP contribution in [0.5, 0.6) is 5.75 Å². The summed E-state index contributed by atoms with van der Waals surface area (Å²) in [6.45, 7) is 6.52. The summed E-state index contributed by atoms with van der Waals surface area (Å²) in [5.74, 6) is 1.86. The minimum absolute atomic E-state index is 0.0508. The molecular formula is C25H30N4O2S. The van der Waals surface area contributed by atoms with Gasteiger partial charge in [0.1, 0.15) is 12.4 Å². The van der Waals surface area contributed by atoms with Crippen molar-refractivity contribution >= 4 is 17.7 Å². The fraction of sp³-hybridized carbons (Fsp3) is 0.400. The zero-order valence-electron chi connectivity index (χ0n) is 18.9. The highest BCUT2D eigenvalue weighted by Crippen LogP contribution is 2.27. The van der Waals surface area contributed by atoms with E-state index < -0.39 is 0 Å². The van der Waals surface area contributed by atoms with Crippen LogP contribution in [0.3, 0.4) is 0 Å². The first kappa shape index (κ1) is 22.4. The summed E-state index contributed by atoms with van der Waals surface area (Å²) in [5.41, 5.74) is 4.54. The maximum atomic E-state index is 12.5. The van der Waals surface area contributed by atoms with Crippen LogP contribution in [-0.2, 0) is 11.4 Å². The number of carbonyl (C=O) groups is 1. The van der Waals surface area contributed by atoms with E-state index in [2.05, 4.69) is 41.5 Å². The van der Waals surface area contributed by atoms with Gasteiger partial charge in [-0.15, -0.1) is 10.2 Å². The lowest BCUT2D eigenvalue weighted by Crippen LogP contribution is -2.33. The number of hydrogen-bond acceptors (Lipinski definition) is 5. The van der Waals surface area contributed by atoms with Gasteiger partial charge >= 0.3 is 0 Å². The number of amides is 1. The van der Waals surface area contributed by atoms with E-state index >= 15 is 0 Å². The number of carbonyl (C=O) groups excluding carboxylic acids is 1. The predicted octanol–water partition coefficient (Wildman–Crippen LogP) is 4.92. The minimum atomic E-state index is 0.0508. The molecule has 2 aromatic carbocycles.